The summed E-state index contributed by atoms with van der Waals surface area (Å²) in [6.45, 7) is 3.30. The number of aldehydes is 1. The molecule has 70 valence electrons. The Bertz CT molecular complexity index is 287. The van der Waals surface area contributed by atoms with Gasteiger partial charge in [-0.1, -0.05) is 31.2 Å². The first kappa shape index (κ1) is 9.90. The second kappa shape index (κ2) is 3.69. The van der Waals surface area contributed by atoms with Gasteiger partial charge in [0.1, 0.15) is 0 Å². The summed E-state index contributed by atoms with van der Waals surface area (Å²) in [5, 5.41) is 0. The van der Waals surface area contributed by atoms with Crippen molar-refractivity contribution in [2.75, 3.05) is 0 Å². The summed E-state index contributed by atoms with van der Waals surface area (Å²) in [6, 6.07) is 7.01. The zero-order chi connectivity index (χ0) is 9.90. The van der Waals surface area contributed by atoms with Crippen LogP contribution >= 0.6 is 0 Å². The van der Waals surface area contributed by atoms with E-state index in [1.54, 1.807) is 12.1 Å². The average molecular weight is 180 g/mol. The number of hydrogen-bond acceptors (Lipinski definition) is 1. The summed E-state index contributed by atoms with van der Waals surface area (Å²) in [7, 11) is 0. The molecule has 1 aromatic carbocycles. The van der Waals surface area contributed by atoms with Crippen LogP contribution in [0.25, 0.3) is 0 Å². The predicted octanol–water partition coefficient (Wildman–Crippen LogP) is 2.63. The molecule has 2 heteroatoms. The van der Waals surface area contributed by atoms with Gasteiger partial charge in [-0.3, -0.25) is 4.79 Å². The summed E-state index contributed by atoms with van der Waals surface area (Å²) in [6.07, 6.45) is 1.25. The maximum Gasteiger partial charge on any atom is 0.187 e. The van der Waals surface area contributed by atoms with Crippen LogP contribution in [-0.4, -0.2) is 6.29 Å². The Hall–Kier alpha value is -1.18. The lowest BCUT2D eigenvalue weighted by molar-refractivity contribution is -0.117. The molecule has 0 saturated carbocycles. The molecule has 0 heterocycles. The van der Waals surface area contributed by atoms with Gasteiger partial charge in [-0.25, -0.2) is 4.39 Å². The molecule has 13 heavy (non-hydrogen) atoms. The Morgan fingerprint density at radius 3 is 2.31 bits per heavy atom. The van der Waals surface area contributed by atoms with E-state index in [9.17, 15) is 9.18 Å². The van der Waals surface area contributed by atoms with Gasteiger partial charge in [0.2, 0.25) is 0 Å². The molecular formula is C11H13FO. The van der Waals surface area contributed by atoms with Crippen molar-refractivity contribution in [1.82, 2.24) is 0 Å². The normalized spacial score (nSPS) is 15.0. The van der Waals surface area contributed by atoms with Gasteiger partial charge in [-0.15, -0.1) is 0 Å². The number of rotatable bonds is 3. The maximum atomic E-state index is 13.4. The van der Waals surface area contributed by atoms with Gasteiger partial charge in [0.15, 0.2) is 12.0 Å². The minimum absolute atomic E-state index is 0.327. The first-order valence-corrected chi connectivity index (χ1v) is 4.35. The standard InChI is InChI=1S/C11H13FO/c1-3-9-4-6-10(7-5-9)11(2,12)8-13/h4-8H,3H2,1-2H3. The highest BCUT2D eigenvalue weighted by atomic mass is 19.1. The lowest BCUT2D eigenvalue weighted by atomic mass is 9.98. The molecule has 0 radical (unpaired) electrons. The van der Waals surface area contributed by atoms with Crippen molar-refractivity contribution in [3.05, 3.63) is 35.4 Å². The van der Waals surface area contributed by atoms with Crippen LogP contribution in [0.1, 0.15) is 25.0 Å². The predicted molar refractivity (Wildman–Crippen MR) is 50.3 cm³/mol. The molecular weight excluding hydrogens is 167 g/mol. The average Bonchev–Trinajstić information content (AvgIpc) is 2.18. The SMILES string of the molecule is CCc1ccc(C(C)(F)C=O)cc1. The third-order valence-electron chi connectivity index (χ3n) is 2.15. The smallest absolute Gasteiger partial charge is 0.187 e. The van der Waals surface area contributed by atoms with Gasteiger partial charge in [-0.05, 0) is 24.5 Å². The molecule has 1 unspecified atom stereocenters. The fourth-order valence-electron chi connectivity index (χ4n) is 1.13. The van der Waals surface area contributed by atoms with Crippen LogP contribution in [0, 0.1) is 0 Å². The quantitative estimate of drug-likeness (QED) is 0.653. The molecule has 0 amide bonds. The van der Waals surface area contributed by atoms with Crippen molar-refractivity contribution in [2.24, 2.45) is 0 Å². The number of carbonyl (C=O) groups is 1. The van der Waals surface area contributed by atoms with Gasteiger partial charge < -0.3 is 0 Å². The first-order valence-electron chi connectivity index (χ1n) is 4.35. The Balaban J connectivity index is 2.98. The number of halogens is 1. The number of benzene rings is 1. The van der Waals surface area contributed by atoms with Gasteiger partial charge >= 0.3 is 0 Å². The van der Waals surface area contributed by atoms with Crippen LogP contribution in [0.4, 0.5) is 4.39 Å². The topological polar surface area (TPSA) is 17.1 Å². The van der Waals surface area contributed by atoms with Gasteiger partial charge in [0, 0.05) is 0 Å². The molecule has 0 bridgehead atoms. The third kappa shape index (κ3) is 2.14. The van der Waals surface area contributed by atoms with E-state index in [2.05, 4.69) is 0 Å². The Morgan fingerprint density at radius 1 is 1.38 bits per heavy atom. The van der Waals surface area contributed by atoms with E-state index in [1.807, 2.05) is 19.1 Å². The molecule has 0 aliphatic heterocycles. The van der Waals surface area contributed by atoms with Gasteiger partial charge in [0.05, 0.1) is 0 Å². The highest BCUT2D eigenvalue weighted by Gasteiger charge is 2.24. The number of carbonyl (C=O) groups excluding carboxylic acids is 1. The van der Waals surface area contributed by atoms with E-state index in [0.717, 1.165) is 12.0 Å². The lowest BCUT2D eigenvalue weighted by Gasteiger charge is -2.12. The highest BCUT2D eigenvalue weighted by Crippen LogP contribution is 2.22. The zero-order valence-electron chi connectivity index (χ0n) is 7.88. The van der Waals surface area contributed by atoms with E-state index in [0.29, 0.717) is 11.8 Å². The lowest BCUT2D eigenvalue weighted by Crippen LogP contribution is -2.16. The number of alkyl halides is 1. The van der Waals surface area contributed by atoms with E-state index < -0.39 is 5.67 Å². The number of hydrogen-bond donors (Lipinski definition) is 0. The van der Waals surface area contributed by atoms with Gasteiger partial charge in [0.25, 0.3) is 0 Å². The van der Waals surface area contributed by atoms with Crippen molar-refractivity contribution in [1.29, 1.82) is 0 Å². The van der Waals surface area contributed by atoms with Crippen LogP contribution < -0.4 is 0 Å². The molecule has 1 nitrogen and oxygen atoms in total. The van der Waals surface area contributed by atoms with E-state index in [1.165, 1.54) is 6.92 Å². The number of aryl methyl sites for hydroxylation is 1. The summed E-state index contributed by atoms with van der Waals surface area (Å²) in [4.78, 5) is 10.4. The zero-order valence-corrected chi connectivity index (χ0v) is 7.88. The van der Waals surface area contributed by atoms with E-state index in [-0.39, 0.29) is 0 Å². The van der Waals surface area contributed by atoms with Crippen LogP contribution in [0.5, 0.6) is 0 Å². The van der Waals surface area contributed by atoms with Gasteiger partial charge in [-0.2, -0.15) is 0 Å². The molecule has 1 rings (SSSR count). The summed E-state index contributed by atoms with van der Waals surface area (Å²) < 4.78 is 13.4. The minimum atomic E-state index is -1.85. The van der Waals surface area contributed by atoms with Crippen LogP contribution in [0.3, 0.4) is 0 Å². The monoisotopic (exact) mass is 180 g/mol. The molecule has 0 aliphatic rings. The van der Waals surface area contributed by atoms with E-state index >= 15 is 0 Å². The fourth-order valence-corrected chi connectivity index (χ4v) is 1.13. The maximum absolute atomic E-state index is 13.4. The van der Waals surface area contributed by atoms with Crippen molar-refractivity contribution in [2.45, 2.75) is 25.9 Å². The molecule has 1 aromatic rings. The van der Waals surface area contributed by atoms with Crippen LogP contribution in [0.2, 0.25) is 0 Å². The Morgan fingerprint density at radius 2 is 1.92 bits per heavy atom. The molecule has 0 saturated heterocycles. The largest absolute Gasteiger partial charge is 0.299 e. The fraction of sp³-hybridized carbons (Fsp3) is 0.364. The van der Waals surface area contributed by atoms with Crippen molar-refractivity contribution >= 4 is 6.29 Å². The van der Waals surface area contributed by atoms with Crippen molar-refractivity contribution in [3.8, 4) is 0 Å². The third-order valence-corrected chi connectivity index (χ3v) is 2.15. The Labute approximate surface area is 77.6 Å². The van der Waals surface area contributed by atoms with Crippen LogP contribution in [-0.2, 0) is 16.9 Å². The second-order valence-electron chi connectivity index (χ2n) is 3.24. The molecule has 1 atom stereocenters. The molecule has 0 aromatic heterocycles. The highest BCUT2D eigenvalue weighted by molar-refractivity contribution is 5.65. The van der Waals surface area contributed by atoms with Crippen molar-refractivity contribution < 1.29 is 9.18 Å². The first-order chi connectivity index (χ1) is 6.10. The summed E-state index contributed by atoms with van der Waals surface area (Å²) >= 11 is 0. The van der Waals surface area contributed by atoms with Crippen molar-refractivity contribution in [3.63, 3.8) is 0 Å². The molecule has 0 fully saturated rings. The summed E-state index contributed by atoms with van der Waals surface area (Å²) in [5.41, 5.74) is -0.295. The molecule has 0 aliphatic carbocycles. The second-order valence-corrected chi connectivity index (χ2v) is 3.24. The molecule has 0 spiro atoms. The Kier molecular flexibility index (Phi) is 2.81. The molecule has 0 N–H and O–H groups in total. The minimum Gasteiger partial charge on any atom is -0.299 e. The summed E-state index contributed by atoms with van der Waals surface area (Å²) in [5.74, 6) is 0. The van der Waals surface area contributed by atoms with E-state index in [4.69, 9.17) is 0 Å². The van der Waals surface area contributed by atoms with Crippen LogP contribution in [0.15, 0.2) is 24.3 Å².